The van der Waals surface area contributed by atoms with Crippen LogP contribution in [0.15, 0.2) is 65.3 Å². The van der Waals surface area contributed by atoms with Gasteiger partial charge in [0.05, 0.1) is 27.9 Å². The van der Waals surface area contributed by atoms with Gasteiger partial charge >= 0.3 is 0 Å². The second kappa shape index (κ2) is 9.43. The molecule has 0 aliphatic rings. The van der Waals surface area contributed by atoms with Crippen molar-refractivity contribution < 1.29 is 19.0 Å². The van der Waals surface area contributed by atoms with E-state index in [9.17, 15) is 4.79 Å². The number of halogens is 1. The fourth-order valence-corrected chi connectivity index (χ4v) is 3.19. The molecule has 1 heterocycles. The van der Waals surface area contributed by atoms with Gasteiger partial charge in [0.2, 0.25) is 5.75 Å². The van der Waals surface area contributed by atoms with Crippen molar-refractivity contribution in [1.29, 1.82) is 0 Å². The van der Waals surface area contributed by atoms with E-state index >= 15 is 0 Å². The summed E-state index contributed by atoms with van der Waals surface area (Å²) in [5.41, 5.74) is 1.38. The van der Waals surface area contributed by atoms with Crippen LogP contribution in [0.4, 0.5) is 5.82 Å². The highest BCUT2D eigenvalue weighted by Crippen LogP contribution is 2.38. The van der Waals surface area contributed by atoms with E-state index in [-0.39, 0.29) is 12.5 Å². The maximum absolute atomic E-state index is 13.3. The van der Waals surface area contributed by atoms with Crippen LogP contribution in [-0.2, 0) is 6.54 Å². The summed E-state index contributed by atoms with van der Waals surface area (Å²) in [4.78, 5) is 19.3. The van der Waals surface area contributed by atoms with Crippen molar-refractivity contribution in [3.05, 3.63) is 76.4 Å². The average Bonchev–Trinajstić information content (AvgIpc) is 2.77. The van der Waals surface area contributed by atoms with Crippen LogP contribution in [0.1, 0.15) is 15.9 Å². The molecule has 2 aromatic carbocycles. The summed E-state index contributed by atoms with van der Waals surface area (Å²) in [5, 5.41) is 0. The van der Waals surface area contributed by atoms with Crippen molar-refractivity contribution in [2.24, 2.45) is 0 Å². The molecule has 0 saturated heterocycles. The molecule has 3 aromatic rings. The van der Waals surface area contributed by atoms with E-state index in [4.69, 9.17) is 14.2 Å². The third-order valence-electron chi connectivity index (χ3n) is 4.33. The molecule has 0 radical (unpaired) electrons. The number of carbonyl (C=O) groups excluding carboxylic acids is 1. The Balaban J connectivity index is 2.02. The van der Waals surface area contributed by atoms with E-state index in [1.165, 1.54) is 0 Å². The van der Waals surface area contributed by atoms with Crippen LogP contribution >= 0.6 is 15.9 Å². The Morgan fingerprint density at radius 1 is 0.966 bits per heavy atom. The van der Waals surface area contributed by atoms with E-state index in [0.717, 1.165) is 10.0 Å². The number of pyridine rings is 1. The minimum absolute atomic E-state index is 0.162. The molecule has 0 aliphatic carbocycles. The number of amides is 1. The summed E-state index contributed by atoms with van der Waals surface area (Å²) in [6.45, 7) is 0.280. The van der Waals surface area contributed by atoms with Gasteiger partial charge in [-0.25, -0.2) is 4.98 Å². The monoisotopic (exact) mass is 456 g/mol. The number of rotatable bonds is 7. The minimum Gasteiger partial charge on any atom is -0.493 e. The molecule has 0 unspecified atom stereocenters. The zero-order chi connectivity index (χ0) is 20.8. The molecule has 1 aromatic heterocycles. The van der Waals surface area contributed by atoms with Crippen LogP contribution < -0.4 is 19.1 Å². The van der Waals surface area contributed by atoms with Gasteiger partial charge in [-0.15, -0.1) is 0 Å². The number of anilines is 1. The maximum Gasteiger partial charge on any atom is 0.259 e. The van der Waals surface area contributed by atoms with Crippen molar-refractivity contribution >= 4 is 27.7 Å². The first-order valence-electron chi connectivity index (χ1n) is 8.84. The molecule has 0 aliphatic heterocycles. The van der Waals surface area contributed by atoms with Crippen LogP contribution in [0, 0.1) is 0 Å². The van der Waals surface area contributed by atoms with Gasteiger partial charge in [0.1, 0.15) is 5.82 Å². The van der Waals surface area contributed by atoms with Gasteiger partial charge in [-0.05, 0) is 54.1 Å². The van der Waals surface area contributed by atoms with E-state index < -0.39 is 0 Å². The van der Waals surface area contributed by atoms with Crippen molar-refractivity contribution in [2.45, 2.75) is 6.54 Å². The molecule has 6 nitrogen and oxygen atoms in total. The Kier molecular flexibility index (Phi) is 6.72. The number of ether oxygens (including phenoxy) is 3. The Bertz CT molecular complexity index is 953. The standard InChI is InChI=1S/C22H21BrN2O4/c1-27-18-12-15(13-19(28-2)21(18)29-3)14-25(20-6-4-5-11-24-20)22(26)16-7-9-17(23)10-8-16/h4-13H,14H2,1-3H3. The van der Waals surface area contributed by atoms with E-state index in [1.807, 2.05) is 36.4 Å². The lowest BCUT2D eigenvalue weighted by molar-refractivity contribution is 0.0984. The van der Waals surface area contributed by atoms with Gasteiger partial charge in [-0.3, -0.25) is 9.69 Å². The third kappa shape index (κ3) is 4.68. The lowest BCUT2D eigenvalue weighted by Crippen LogP contribution is -2.31. The topological polar surface area (TPSA) is 60.9 Å². The molecule has 0 saturated carbocycles. The fraction of sp³-hybridized carbons (Fsp3) is 0.182. The number of aromatic nitrogens is 1. The Morgan fingerprint density at radius 3 is 2.14 bits per heavy atom. The van der Waals surface area contributed by atoms with Gasteiger partial charge in [0.15, 0.2) is 11.5 Å². The molecule has 0 atom stereocenters. The summed E-state index contributed by atoms with van der Waals surface area (Å²) >= 11 is 3.40. The van der Waals surface area contributed by atoms with Crippen molar-refractivity contribution in [3.8, 4) is 17.2 Å². The highest BCUT2D eigenvalue weighted by atomic mass is 79.9. The Hall–Kier alpha value is -3.06. The zero-order valence-corrected chi connectivity index (χ0v) is 18.0. The summed E-state index contributed by atoms with van der Waals surface area (Å²) in [6, 6.07) is 16.3. The number of hydrogen-bond donors (Lipinski definition) is 0. The molecule has 29 heavy (non-hydrogen) atoms. The molecule has 150 valence electrons. The Morgan fingerprint density at radius 2 is 1.62 bits per heavy atom. The van der Waals surface area contributed by atoms with Gasteiger partial charge in [0.25, 0.3) is 5.91 Å². The summed E-state index contributed by atoms with van der Waals surface area (Å²) in [7, 11) is 4.67. The SMILES string of the molecule is COc1cc(CN(C(=O)c2ccc(Br)cc2)c2ccccn2)cc(OC)c1OC. The molecule has 0 spiro atoms. The second-order valence-electron chi connectivity index (χ2n) is 6.12. The van der Waals surface area contributed by atoms with E-state index in [0.29, 0.717) is 28.6 Å². The smallest absolute Gasteiger partial charge is 0.259 e. The highest BCUT2D eigenvalue weighted by molar-refractivity contribution is 9.10. The van der Waals surface area contributed by atoms with Crippen molar-refractivity contribution in [2.75, 3.05) is 26.2 Å². The first kappa shape index (κ1) is 20.7. The average molecular weight is 457 g/mol. The molecular formula is C22H21BrN2O4. The maximum atomic E-state index is 13.3. The van der Waals surface area contributed by atoms with Crippen molar-refractivity contribution in [1.82, 2.24) is 4.98 Å². The number of nitrogens with zero attached hydrogens (tertiary/aromatic N) is 2. The number of methoxy groups -OCH3 is 3. The van der Waals surface area contributed by atoms with Gasteiger partial charge in [0, 0.05) is 16.2 Å². The molecule has 0 bridgehead atoms. The van der Waals surface area contributed by atoms with Crippen LogP contribution in [0.5, 0.6) is 17.2 Å². The van der Waals surface area contributed by atoms with Crippen LogP contribution in [0.3, 0.4) is 0 Å². The lowest BCUT2D eigenvalue weighted by Gasteiger charge is -2.23. The minimum atomic E-state index is -0.162. The predicted octanol–water partition coefficient (Wildman–Crippen LogP) is 4.72. The predicted molar refractivity (Wildman–Crippen MR) is 115 cm³/mol. The largest absolute Gasteiger partial charge is 0.493 e. The van der Waals surface area contributed by atoms with E-state index in [2.05, 4.69) is 20.9 Å². The van der Waals surface area contributed by atoms with Gasteiger partial charge in [-0.1, -0.05) is 22.0 Å². The summed E-state index contributed by atoms with van der Waals surface area (Å²) in [6.07, 6.45) is 1.66. The van der Waals surface area contributed by atoms with E-state index in [1.54, 1.807) is 50.6 Å². The summed E-state index contributed by atoms with van der Waals surface area (Å²) in [5.74, 6) is 1.94. The Labute approximate surface area is 178 Å². The van der Waals surface area contributed by atoms with Crippen LogP contribution in [0.25, 0.3) is 0 Å². The normalized spacial score (nSPS) is 10.3. The molecule has 7 heteroatoms. The van der Waals surface area contributed by atoms with Crippen molar-refractivity contribution in [3.63, 3.8) is 0 Å². The molecule has 3 rings (SSSR count). The summed E-state index contributed by atoms with van der Waals surface area (Å²) < 4.78 is 17.2. The molecule has 0 fully saturated rings. The second-order valence-corrected chi connectivity index (χ2v) is 7.04. The third-order valence-corrected chi connectivity index (χ3v) is 4.86. The number of carbonyl (C=O) groups is 1. The first-order valence-corrected chi connectivity index (χ1v) is 9.64. The fourth-order valence-electron chi connectivity index (χ4n) is 2.93. The first-order chi connectivity index (χ1) is 14.1. The molecule has 0 N–H and O–H groups in total. The van der Waals surface area contributed by atoms with Gasteiger partial charge in [-0.2, -0.15) is 0 Å². The van der Waals surface area contributed by atoms with Crippen LogP contribution in [0.2, 0.25) is 0 Å². The van der Waals surface area contributed by atoms with Crippen LogP contribution in [-0.4, -0.2) is 32.2 Å². The number of benzene rings is 2. The molecular weight excluding hydrogens is 436 g/mol. The quantitative estimate of drug-likeness (QED) is 0.514. The van der Waals surface area contributed by atoms with Gasteiger partial charge < -0.3 is 14.2 Å². The molecule has 1 amide bonds. The highest BCUT2D eigenvalue weighted by Gasteiger charge is 2.21. The number of hydrogen-bond acceptors (Lipinski definition) is 5. The lowest BCUT2D eigenvalue weighted by atomic mass is 10.1. The zero-order valence-electron chi connectivity index (χ0n) is 16.4.